The molecule has 0 radical (unpaired) electrons. The first kappa shape index (κ1) is 25.9. The Bertz CT molecular complexity index is 515. The molecule has 0 aromatic carbocycles. The van der Waals surface area contributed by atoms with Crippen molar-refractivity contribution in [2.24, 2.45) is 16.3 Å². The molecule has 0 aliphatic carbocycles. The van der Waals surface area contributed by atoms with Crippen LogP contribution in [0.1, 0.15) is 59.3 Å². The van der Waals surface area contributed by atoms with Crippen LogP contribution in [-0.4, -0.2) is 58.2 Å². The van der Waals surface area contributed by atoms with Crippen molar-refractivity contribution < 1.29 is 8.42 Å². The number of unbranched alkanes of at least 4 members (excludes halogenated alkanes) is 2. The molecule has 6 nitrogen and oxygen atoms in total. The summed E-state index contributed by atoms with van der Waals surface area (Å²) in [5.41, 5.74) is 0.258. The molecule has 1 heterocycles. The normalized spacial score (nSPS) is 17.7. The van der Waals surface area contributed by atoms with Gasteiger partial charge in [0.25, 0.3) is 0 Å². The second kappa shape index (κ2) is 12.4. The van der Waals surface area contributed by atoms with Crippen molar-refractivity contribution in [2.75, 3.05) is 39.5 Å². The fourth-order valence-corrected chi connectivity index (χ4v) is 4.05. The van der Waals surface area contributed by atoms with E-state index in [1.165, 1.54) is 31.9 Å². The van der Waals surface area contributed by atoms with E-state index in [1.807, 2.05) is 0 Å². The predicted molar refractivity (Wildman–Crippen MR) is 122 cm³/mol. The molecular weight excluding hydrogens is 463 g/mol. The standard InChI is InChI=1S/C18H38N4O2S.HI/c1-6-7-8-11-18(2,3)15-21-17(19-4)20-14-16-9-12-22(13-10-16)25(5,23)24;/h16H,6-15H2,1-5H3,(H2,19,20,21);1H. The zero-order valence-corrected chi connectivity index (χ0v) is 20.3. The van der Waals surface area contributed by atoms with E-state index in [4.69, 9.17) is 0 Å². The molecule has 1 fully saturated rings. The van der Waals surface area contributed by atoms with Gasteiger partial charge in [-0.1, -0.05) is 40.0 Å². The summed E-state index contributed by atoms with van der Waals surface area (Å²) < 4.78 is 24.7. The Morgan fingerprint density at radius 3 is 2.31 bits per heavy atom. The van der Waals surface area contributed by atoms with E-state index in [9.17, 15) is 8.42 Å². The van der Waals surface area contributed by atoms with Crippen LogP contribution in [0.15, 0.2) is 4.99 Å². The molecule has 0 aromatic rings. The Morgan fingerprint density at radius 2 is 1.81 bits per heavy atom. The molecule has 0 atom stereocenters. The van der Waals surface area contributed by atoms with Crippen LogP contribution in [-0.2, 0) is 10.0 Å². The third-order valence-electron chi connectivity index (χ3n) is 5.02. The third kappa shape index (κ3) is 10.3. The van der Waals surface area contributed by atoms with Crippen LogP contribution in [0.5, 0.6) is 0 Å². The minimum Gasteiger partial charge on any atom is -0.356 e. The number of piperidine rings is 1. The second-order valence-corrected chi connectivity index (χ2v) is 10.0. The van der Waals surface area contributed by atoms with E-state index in [2.05, 4.69) is 36.4 Å². The first-order valence-corrected chi connectivity index (χ1v) is 11.4. The molecular formula is C18H39IN4O2S. The first-order chi connectivity index (χ1) is 11.7. The highest BCUT2D eigenvalue weighted by Crippen LogP contribution is 2.22. The number of guanidine groups is 1. The van der Waals surface area contributed by atoms with Crippen LogP contribution in [0.2, 0.25) is 0 Å². The smallest absolute Gasteiger partial charge is 0.211 e. The summed E-state index contributed by atoms with van der Waals surface area (Å²) in [4.78, 5) is 4.31. The van der Waals surface area contributed by atoms with Crippen LogP contribution in [0.4, 0.5) is 0 Å². The van der Waals surface area contributed by atoms with Gasteiger partial charge >= 0.3 is 0 Å². The Hall–Kier alpha value is -0.0900. The van der Waals surface area contributed by atoms with Crippen LogP contribution < -0.4 is 10.6 Å². The third-order valence-corrected chi connectivity index (χ3v) is 6.32. The van der Waals surface area contributed by atoms with Crippen molar-refractivity contribution in [1.82, 2.24) is 14.9 Å². The molecule has 1 rings (SSSR count). The summed E-state index contributed by atoms with van der Waals surface area (Å²) in [5, 5.41) is 6.85. The van der Waals surface area contributed by atoms with Crippen LogP contribution in [0.25, 0.3) is 0 Å². The Morgan fingerprint density at radius 1 is 1.19 bits per heavy atom. The number of aliphatic imine (C=N–C) groups is 1. The lowest BCUT2D eigenvalue weighted by atomic mass is 9.87. The van der Waals surface area contributed by atoms with Crippen LogP contribution >= 0.6 is 24.0 Å². The van der Waals surface area contributed by atoms with Gasteiger partial charge in [-0.3, -0.25) is 4.99 Å². The van der Waals surface area contributed by atoms with E-state index in [-0.39, 0.29) is 29.4 Å². The summed E-state index contributed by atoms with van der Waals surface area (Å²) in [6.45, 7) is 9.82. The monoisotopic (exact) mass is 502 g/mol. The van der Waals surface area contributed by atoms with Gasteiger partial charge in [0.05, 0.1) is 6.26 Å². The van der Waals surface area contributed by atoms with Crippen LogP contribution in [0.3, 0.4) is 0 Å². The summed E-state index contributed by atoms with van der Waals surface area (Å²) in [7, 11) is -1.25. The lowest BCUT2D eigenvalue weighted by Gasteiger charge is -2.31. The van der Waals surface area contributed by atoms with Gasteiger partial charge in [0.15, 0.2) is 5.96 Å². The Labute approximate surface area is 178 Å². The number of rotatable bonds is 9. The highest BCUT2D eigenvalue weighted by atomic mass is 127. The average Bonchev–Trinajstić information content (AvgIpc) is 2.54. The molecule has 0 bridgehead atoms. The molecule has 0 saturated carbocycles. The molecule has 1 aliphatic rings. The number of hydrogen-bond acceptors (Lipinski definition) is 3. The molecule has 2 N–H and O–H groups in total. The maximum Gasteiger partial charge on any atom is 0.211 e. The summed E-state index contributed by atoms with van der Waals surface area (Å²) in [6.07, 6.45) is 8.14. The predicted octanol–water partition coefficient (Wildman–Crippen LogP) is 3.05. The summed E-state index contributed by atoms with van der Waals surface area (Å²) in [5.74, 6) is 1.34. The topological polar surface area (TPSA) is 73.8 Å². The minimum atomic E-state index is -3.04. The summed E-state index contributed by atoms with van der Waals surface area (Å²) >= 11 is 0. The van der Waals surface area contributed by atoms with Gasteiger partial charge < -0.3 is 10.6 Å². The van der Waals surface area contributed by atoms with Crippen molar-refractivity contribution in [3.8, 4) is 0 Å². The number of halogens is 1. The number of nitrogens with zero attached hydrogens (tertiary/aromatic N) is 2. The van der Waals surface area contributed by atoms with E-state index >= 15 is 0 Å². The molecule has 0 aromatic heterocycles. The SMILES string of the molecule is CCCCCC(C)(C)CNC(=NC)NCC1CCN(S(C)(=O)=O)CC1.I. The van der Waals surface area contributed by atoms with Gasteiger partial charge in [0.1, 0.15) is 0 Å². The van der Waals surface area contributed by atoms with Gasteiger partial charge in [-0.25, -0.2) is 12.7 Å². The zero-order valence-electron chi connectivity index (χ0n) is 17.2. The van der Waals surface area contributed by atoms with Crippen molar-refractivity contribution in [1.29, 1.82) is 0 Å². The number of nitrogens with one attached hydrogen (secondary N) is 2. The maximum atomic E-state index is 11.6. The lowest BCUT2D eigenvalue weighted by Crippen LogP contribution is -2.45. The van der Waals surface area contributed by atoms with Gasteiger partial charge in [-0.15, -0.1) is 24.0 Å². The van der Waals surface area contributed by atoms with Gasteiger partial charge in [0.2, 0.25) is 10.0 Å². The Balaban J connectivity index is 0.00000625. The minimum absolute atomic E-state index is 0. The van der Waals surface area contributed by atoms with Gasteiger partial charge in [0, 0.05) is 33.2 Å². The number of sulfonamides is 1. The highest BCUT2D eigenvalue weighted by Gasteiger charge is 2.25. The molecule has 1 saturated heterocycles. The van der Waals surface area contributed by atoms with Gasteiger partial charge in [-0.05, 0) is 30.6 Å². The lowest BCUT2D eigenvalue weighted by molar-refractivity contribution is 0.274. The molecule has 156 valence electrons. The quantitative estimate of drug-likeness (QED) is 0.220. The zero-order chi connectivity index (χ0) is 18.9. The van der Waals surface area contributed by atoms with E-state index in [1.54, 1.807) is 11.4 Å². The molecule has 0 amide bonds. The average molecular weight is 503 g/mol. The number of hydrogen-bond donors (Lipinski definition) is 2. The van der Waals surface area contributed by atoms with E-state index < -0.39 is 10.0 Å². The van der Waals surface area contributed by atoms with E-state index in [0.29, 0.717) is 19.0 Å². The first-order valence-electron chi connectivity index (χ1n) is 9.57. The molecule has 0 unspecified atom stereocenters. The van der Waals surface area contributed by atoms with E-state index in [0.717, 1.165) is 31.9 Å². The fraction of sp³-hybridized carbons (Fsp3) is 0.944. The molecule has 8 heteroatoms. The fourth-order valence-electron chi connectivity index (χ4n) is 3.17. The van der Waals surface area contributed by atoms with Crippen molar-refractivity contribution in [3.63, 3.8) is 0 Å². The van der Waals surface area contributed by atoms with Crippen LogP contribution in [0, 0.1) is 11.3 Å². The molecule has 0 spiro atoms. The van der Waals surface area contributed by atoms with Gasteiger partial charge in [-0.2, -0.15) is 0 Å². The van der Waals surface area contributed by atoms with Crippen molar-refractivity contribution in [2.45, 2.75) is 59.3 Å². The highest BCUT2D eigenvalue weighted by molar-refractivity contribution is 14.0. The largest absolute Gasteiger partial charge is 0.356 e. The Kier molecular flexibility index (Phi) is 12.3. The van der Waals surface area contributed by atoms with Crippen molar-refractivity contribution >= 4 is 40.0 Å². The summed E-state index contributed by atoms with van der Waals surface area (Å²) in [6, 6.07) is 0. The maximum absolute atomic E-state index is 11.6. The molecule has 26 heavy (non-hydrogen) atoms. The van der Waals surface area contributed by atoms with Crippen molar-refractivity contribution in [3.05, 3.63) is 0 Å². The second-order valence-electron chi connectivity index (χ2n) is 8.03. The molecule has 1 aliphatic heterocycles.